The van der Waals surface area contributed by atoms with Crippen LogP contribution in [0.2, 0.25) is 0 Å². The minimum Gasteiger partial charge on any atom is -0.325 e. The van der Waals surface area contributed by atoms with Crippen molar-refractivity contribution < 1.29 is 4.79 Å². The molecule has 1 N–H and O–H groups in total. The van der Waals surface area contributed by atoms with Crippen LogP contribution >= 0.6 is 11.8 Å². The van der Waals surface area contributed by atoms with Crippen molar-refractivity contribution in [2.45, 2.75) is 57.3 Å². The van der Waals surface area contributed by atoms with E-state index in [0.29, 0.717) is 6.54 Å². The number of benzene rings is 2. The molecule has 0 unspecified atom stereocenters. The Labute approximate surface area is 201 Å². The first kappa shape index (κ1) is 25.0. The summed E-state index contributed by atoms with van der Waals surface area (Å²) in [6, 6.07) is 18.6. The number of hydrogen-bond acceptors (Lipinski definition) is 5. The fourth-order valence-electron chi connectivity index (χ4n) is 3.81. The molecule has 0 fully saturated rings. The standard InChI is InChI=1S/C26H35N5OS/c1-5-7-11-20-14-16-22(17-15-20)27-24(32)19-33-26-29-28-25(23(6-2)30(3)4)31(26)18-21-12-9-8-10-13-21/h8-10,12-17,23H,5-7,11,18-19H2,1-4H3,(H,27,32)/t23-/m1/s1. The molecular formula is C26H35N5OS. The Hall–Kier alpha value is -2.64. The lowest BCUT2D eigenvalue weighted by molar-refractivity contribution is -0.113. The van der Waals surface area contributed by atoms with Crippen LogP contribution in [0.25, 0.3) is 0 Å². The number of nitrogens with zero attached hydrogens (tertiary/aromatic N) is 4. The molecule has 0 aliphatic carbocycles. The highest BCUT2D eigenvalue weighted by Gasteiger charge is 2.22. The van der Waals surface area contributed by atoms with Crippen LogP contribution in [0.5, 0.6) is 0 Å². The van der Waals surface area contributed by atoms with Crippen molar-refractivity contribution in [1.82, 2.24) is 19.7 Å². The normalized spacial score (nSPS) is 12.2. The summed E-state index contributed by atoms with van der Waals surface area (Å²) in [5, 5.41) is 12.7. The lowest BCUT2D eigenvalue weighted by Crippen LogP contribution is -2.23. The Morgan fingerprint density at radius 3 is 2.39 bits per heavy atom. The average molecular weight is 466 g/mol. The van der Waals surface area contributed by atoms with Gasteiger partial charge in [-0.1, -0.05) is 74.5 Å². The molecule has 1 amide bonds. The smallest absolute Gasteiger partial charge is 0.234 e. The topological polar surface area (TPSA) is 63.1 Å². The van der Waals surface area contributed by atoms with Crippen LogP contribution < -0.4 is 5.32 Å². The van der Waals surface area contributed by atoms with Crippen molar-refractivity contribution in [3.63, 3.8) is 0 Å². The minimum absolute atomic E-state index is 0.0447. The predicted molar refractivity (Wildman–Crippen MR) is 137 cm³/mol. The number of unbranched alkanes of at least 4 members (excludes halogenated alkanes) is 1. The van der Waals surface area contributed by atoms with E-state index >= 15 is 0 Å². The summed E-state index contributed by atoms with van der Waals surface area (Å²) < 4.78 is 2.14. The number of carbonyl (C=O) groups is 1. The van der Waals surface area contributed by atoms with E-state index in [9.17, 15) is 4.79 Å². The molecule has 0 aliphatic heterocycles. The molecule has 1 atom stereocenters. The molecule has 1 aromatic heterocycles. The molecule has 0 aliphatic rings. The quantitative estimate of drug-likeness (QED) is 0.362. The van der Waals surface area contributed by atoms with Gasteiger partial charge in [0.25, 0.3) is 0 Å². The van der Waals surface area contributed by atoms with Gasteiger partial charge in [0.2, 0.25) is 5.91 Å². The van der Waals surface area contributed by atoms with Crippen molar-refractivity contribution in [1.29, 1.82) is 0 Å². The first-order chi connectivity index (χ1) is 16.0. The second kappa shape index (κ2) is 12.6. The first-order valence-corrected chi connectivity index (χ1v) is 12.6. The van der Waals surface area contributed by atoms with Gasteiger partial charge in [0.1, 0.15) is 0 Å². The first-order valence-electron chi connectivity index (χ1n) is 11.7. The molecule has 0 bridgehead atoms. The number of hydrogen-bond donors (Lipinski definition) is 1. The maximum atomic E-state index is 12.6. The lowest BCUT2D eigenvalue weighted by atomic mass is 10.1. The van der Waals surface area contributed by atoms with E-state index in [-0.39, 0.29) is 17.7 Å². The summed E-state index contributed by atoms with van der Waals surface area (Å²) in [5.41, 5.74) is 3.31. The summed E-state index contributed by atoms with van der Waals surface area (Å²) >= 11 is 1.43. The van der Waals surface area contributed by atoms with Gasteiger partial charge in [-0.2, -0.15) is 0 Å². The van der Waals surface area contributed by atoms with Gasteiger partial charge in [-0.05, 0) is 56.6 Å². The van der Waals surface area contributed by atoms with Crippen molar-refractivity contribution in [3.05, 3.63) is 71.5 Å². The fraction of sp³-hybridized carbons (Fsp3) is 0.423. The third-order valence-electron chi connectivity index (χ3n) is 5.63. The summed E-state index contributed by atoms with van der Waals surface area (Å²) in [4.78, 5) is 14.8. The highest BCUT2D eigenvalue weighted by Crippen LogP contribution is 2.26. The third-order valence-corrected chi connectivity index (χ3v) is 6.59. The van der Waals surface area contributed by atoms with Gasteiger partial charge in [0.15, 0.2) is 11.0 Å². The van der Waals surface area contributed by atoms with Crippen LogP contribution in [0, 0.1) is 0 Å². The number of rotatable bonds is 12. The third kappa shape index (κ3) is 7.17. The van der Waals surface area contributed by atoms with Gasteiger partial charge < -0.3 is 9.88 Å². The van der Waals surface area contributed by atoms with E-state index in [2.05, 4.69) is 77.2 Å². The Bertz CT molecular complexity index is 1000. The van der Waals surface area contributed by atoms with Crippen LogP contribution in [-0.4, -0.2) is 45.4 Å². The van der Waals surface area contributed by atoms with E-state index in [1.165, 1.54) is 35.7 Å². The molecule has 0 radical (unpaired) electrons. The van der Waals surface area contributed by atoms with Gasteiger partial charge in [0, 0.05) is 5.69 Å². The Morgan fingerprint density at radius 1 is 1.03 bits per heavy atom. The summed E-state index contributed by atoms with van der Waals surface area (Å²) in [6.45, 7) is 5.02. The van der Waals surface area contributed by atoms with Crippen LogP contribution in [0.1, 0.15) is 56.1 Å². The summed E-state index contributed by atoms with van der Waals surface area (Å²) in [6.07, 6.45) is 4.37. The van der Waals surface area contributed by atoms with Crippen molar-refractivity contribution in [2.75, 3.05) is 25.2 Å². The maximum Gasteiger partial charge on any atom is 0.234 e. The molecular weight excluding hydrogens is 430 g/mol. The van der Waals surface area contributed by atoms with E-state index in [0.717, 1.165) is 29.5 Å². The zero-order valence-corrected chi connectivity index (χ0v) is 20.9. The minimum atomic E-state index is -0.0447. The van der Waals surface area contributed by atoms with Crippen LogP contribution in [0.4, 0.5) is 5.69 Å². The van der Waals surface area contributed by atoms with E-state index in [1.54, 1.807) is 0 Å². The highest BCUT2D eigenvalue weighted by molar-refractivity contribution is 7.99. The average Bonchev–Trinajstić information content (AvgIpc) is 3.20. The molecule has 0 spiro atoms. The van der Waals surface area contributed by atoms with Gasteiger partial charge >= 0.3 is 0 Å². The number of anilines is 1. The molecule has 6 nitrogen and oxygen atoms in total. The van der Waals surface area contributed by atoms with Gasteiger partial charge in [-0.25, -0.2) is 0 Å². The van der Waals surface area contributed by atoms with Gasteiger partial charge in [-0.15, -0.1) is 10.2 Å². The molecule has 176 valence electrons. The molecule has 33 heavy (non-hydrogen) atoms. The Balaban J connectivity index is 1.69. The van der Waals surface area contributed by atoms with Crippen LogP contribution in [-0.2, 0) is 17.8 Å². The van der Waals surface area contributed by atoms with Crippen LogP contribution in [0.15, 0.2) is 59.8 Å². The fourth-order valence-corrected chi connectivity index (χ4v) is 4.55. The highest BCUT2D eigenvalue weighted by atomic mass is 32.2. The van der Waals surface area contributed by atoms with Crippen molar-refractivity contribution in [2.24, 2.45) is 0 Å². The number of thioether (sulfide) groups is 1. The van der Waals surface area contributed by atoms with Crippen LogP contribution in [0.3, 0.4) is 0 Å². The summed E-state index contributed by atoms with van der Waals surface area (Å²) in [5.74, 6) is 1.16. The molecule has 0 saturated carbocycles. The largest absolute Gasteiger partial charge is 0.325 e. The number of aromatic nitrogens is 3. The van der Waals surface area contributed by atoms with E-state index < -0.39 is 0 Å². The number of aryl methyl sites for hydroxylation is 1. The van der Waals surface area contributed by atoms with Gasteiger partial charge in [-0.3, -0.25) is 9.69 Å². The molecule has 3 aromatic rings. The van der Waals surface area contributed by atoms with E-state index in [1.807, 2.05) is 30.3 Å². The molecule has 3 rings (SSSR count). The SMILES string of the molecule is CCCCc1ccc(NC(=O)CSc2nnc([C@@H](CC)N(C)C)n2Cc2ccccc2)cc1. The van der Waals surface area contributed by atoms with Gasteiger partial charge in [0.05, 0.1) is 18.3 Å². The lowest BCUT2D eigenvalue weighted by Gasteiger charge is -2.23. The number of nitrogens with one attached hydrogen (secondary N) is 1. The molecule has 1 heterocycles. The second-order valence-electron chi connectivity index (χ2n) is 8.44. The number of amides is 1. The molecule has 2 aromatic carbocycles. The zero-order chi connectivity index (χ0) is 23.6. The predicted octanol–water partition coefficient (Wildman–Crippen LogP) is 5.41. The monoisotopic (exact) mass is 465 g/mol. The Kier molecular flexibility index (Phi) is 9.51. The van der Waals surface area contributed by atoms with E-state index in [4.69, 9.17) is 0 Å². The van der Waals surface area contributed by atoms with Crippen molar-refractivity contribution in [3.8, 4) is 0 Å². The second-order valence-corrected chi connectivity index (χ2v) is 9.38. The molecule has 0 saturated heterocycles. The zero-order valence-electron chi connectivity index (χ0n) is 20.1. The maximum absolute atomic E-state index is 12.6. The number of carbonyl (C=O) groups excluding carboxylic acids is 1. The Morgan fingerprint density at radius 2 is 1.76 bits per heavy atom. The summed E-state index contributed by atoms with van der Waals surface area (Å²) in [7, 11) is 4.12. The van der Waals surface area contributed by atoms with Crippen molar-refractivity contribution >= 4 is 23.4 Å². The molecule has 7 heteroatoms.